The van der Waals surface area contributed by atoms with Gasteiger partial charge in [0.1, 0.15) is 11.5 Å². The van der Waals surface area contributed by atoms with Crippen LogP contribution in [-0.2, 0) is 11.2 Å². The van der Waals surface area contributed by atoms with Gasteiger partial charge in [-0.05, 0) is 24.9 Å². The molecule has 0 amide bonds. The zero-order valence-corrected chi connectivity index (χ0v) is 10.6. The lowest BCUT2D eigenvalue weighted by Gasteiger charge is -2.09. The first-order chi connectivity index (χ1) is 8.17. The van der Waals surface area contributed by atoms with E-state index in [2.05, 4.69) is 6.92 Å². The number of para-hydroxylation sites is 1. The summed E-state index contributed by atoms with van der Waals surface area (Å²) >= 11 is 0. The largest absolute Gasteiger partial charge is 0.496 e. The molecular formula is C14H21NO2. The highest BCUT2D eigenvalue weighted by molar-refractivity contribution is 5.81. The maximum atomic E-state index is 11.8. The average molecular weight is 235 g/mol. The number of benzene rings is 1. The van der Waals surface area contributed by atoms with E-state index in [0.717, 1.165) is 17.7 Å². The van der Waals surface area contributed by atoms with E-state index in [9.17, 15) is 4.79 Å². The number of Topliss-reactive ketones (excluding diaryl/α,β-unsaturated/α-hetero) is 1. The van der Waals surface area contributed by atoms with Crippen molar-refractivity contribution in [3.63, 3.8) is 0 Å². The fraction of sp³-hybridized carbons (Fsp3) is 0.500. The van der Waals surface area contributed by atoms with Crippen molar-refractivity contribution in [3.8, 4) is 5.75 Å². The SMILES string of the molecule is COc1ccccc1CC(=O)CCC(C)CN. The van der Waals surface area contributed by atoms with Gasteiger partial charge in [0.25, 0.3) is 0 Å². The van der Waals surface area contributed by atoms with Gasteiger partial charge in [0.15, 0.2) is 0 Å². The first kappa shape index (κ1) is 13.7. The second-order valence-corrected chi connectivity index (χ2v) is 4.41. The van der Waals surface area contributed by atoms with E-state index in [-0.39, 0.29) is 5.78 Å². The second-order valence-electron chi connectivity index (χ2n) is 4.41. The highest BCUT2D eigenvalue weighted by Gasteiger charge is 2.09. The van der Waals surface area contributed by atoms with Crippen LogP contribution < -0.4 is 10.5 Å². The molecule has 0 fully saturated rings. The Morgan fingerprint density at radius 3 is 2.76 bits per heavy atom. The molecule has 3 heteroatoms. The lowest BCUT2D eigenvalue weighted by atomic mass is 10.00. The molecule has 0 spiro atoms. The van der Waals surface area contributed by atoms with Gasteiger partial charge in [-0.25, -0.2) is 0 Å². The minimum absolute atomic E-state index is 0.245. The van der Waals surface area contributed by atoms with Gasteiger partial charge in [-0.1, -0.05) is 25.1 Å². The molecule has 1 aromatic carbocycles. The van der Waals surface area contributed by atoms with Crippen molar-refractivity contribution in [2.45, 2.75) is 26.2 Å². The van der Waals surface area contributed by atoms with Gasteiger partial charge in [0, 0.05) is 18.4 Å². The summed E-state index contributed by atoms with van der Waals surface area (Å²) < 4.78 is 5.22. The van der Waals surface area contributed by atoms with Crippen LogP contribution in [0.25, 0.3) is 0 Å². The number of methoxy groups -OCH3 is 1. The van der Waals surface area contributed by atoms with Gasteiger partial charge in [-0.15, -0.1) is 0 Å². The molecule has 0 saturated heterocycles. The van der Waals surface area contributed by atoms with Crippen molar-refractivity contribution in [1.29, 1.82) is 0 Å². The number of hydrogen-bond donors (Lipinski definition) is 1. The molecule has 1 unspecified atom stereocenters. The number of ketones is 1. The third-order valence-corrected chi connectivity index (χ3v) is 2.90. The van der Waals surface area contributed by atoms with E-state index in [0.29, 0.717) is 25.3 Å². The first-order valence-electron chi connectivity index (χ1n) is 6.01. The molecule has 0 saturated carbocycles. The Morgan fingerprint density at radius 2 is 2.12 bits per heavy atom. The maximum absolute atomic E-state index is 11.8. The van der Waals surface area contributed by atoms with E-state index in [1.807, 2.05) is 24.3 Å². The van der Waals surface area contributed by atoms with Gasteiger partial charge in [-0.3, -0.25) is 4.79 Å². The van der Waals surface area contributed by atoms with Crippen LogP contribution in [0.15, 0.2) is 24.3 Å². The van der Waals surface area contributed by atoms with E-state index in [1.54, 1.807) is 7.11 Å². The first-order valence-corrected chi connectivity index (χ1v) is 6.01. The summed E-state index contributed by atoms with van der Waals surface area (Å²) in [5, 5.41) is 0. The lowest BCUT2D eigenvalue weighted by molar-refractivity contribution is -0.118. The highest BCUT2D eigenvalue weighted by atomic mass is 16.5. The van der Waals surface area contributed by atoms with Crippen LogP contribution in [0.3, 0.4) is 0 Å². The number of ether oxygens (including phenoxy) is 1. The molecule has 3 nitrogen and oxygen atoms in total. The number of hydrogen-bond acceptors (Lipinski definition) is 3. The molecule has 1 aromatic rings. The predicted molar refractivity (Wildman–Crippen MR) is 69.2 cm³/mol. The van der Waals surface area contributed by atoms with Crippen molar-refractivity contribution in [2.24, 2.45) is 11.7 Å². The molecule has 1 rings (SSSR count). The molecular weight excluding hydrogens is 214 g/mol. The normalized spacial score (nSPS) is 12.2. The summed E-state index contributed by atoms with van der Waals surface area (Å²) in [5.74, 6) is 1.44. The van der Waals surface area contributed by atoms with Gasteiger partial charge in [-0.2, -0.15) is 0 Å². The number of nitrogens with two attached hydrogens (primary N) is 1. The lowest BCUT2D eigenvalue weighted by Crippen LogP contribution is -2.13. The standard InChI is InChI=1S/C14H21NO2/c1-11(10-15)7-8-13(16)9-12-5-3-4-6-14(12)17-2/h3-6,11H,7-10,15H2,1-2H3. The van der Waals surface area contributed by atoms with E-state index in [1.165, 1.54) is 0 Å². The van der Waals surface area contributed by atoms with E-state index in [4.69, 9.17) is 10.5 Å². The van der Waals surface area contributed by atoms with Gasteiger partial charge in [0.2, 0.25) is 0 Å². The molecule has 0 aliphatic heterocycles. The van der Waals surface area contributed by atoms with Crippen molar-refractivity contribution < 1.29 is 9.53 Å². The van der Waals surface area contributed by atoms with E-state index >= 15 is 0 Å². The van der Waals surface area contributed by atoms with Crippen LogP contribution in [0.2, 0.25) is 0 Å². The summed E-state index contributed by atoms with van der Waals surface area (Å²) in [6, 6.07) is 7.64. The molecule has 0 bridgehead atoms. The third-order valence-electron chi connectivity index (χ3n) is 2.90. The molecule has 1 atom stereocenters. The Labute approximate surface area is 103 Å². The van der Waals surface area contributed by atoms with Gasteiger partial charge >= 0.3 is 0 Å². The Balaban J connectivity index is 2.50. The fourth-order valence-electron chi connectivity index (χ4n) is 1.68. The van der Waals surface area contributed by atoms with Crippen LogP contribution in [-0.4, -0.2) is 19.4 Å². The zero-order chi connectivity index (χ0) is 12.7. The van der Waals surface area contributed by atoms with Gasteiger partial charge < -0.3 is 10.5 Å². The molecule has 0 heterocycles. The summed E-state index contributed by atoms with van der Waals surface area (Å²) in [6.45, 7) is 2.71. The molecule has 94 valence electrons. The van der Waals surface area contributed by atoms with Crippen molar-refractivity contribution >= 4 is 5.78 Å². The summed E-state index contributed by atoms with van der Waals surface area (Å²) in [5.41, 5.74) is 6.48. The molecule has 2 N–H and O–H groups in total. The number of rotatable bonds is 7. The fourth-order valence-corrected chi connectivity index (χ4v) is 1.68. The Kier molecular flexibility index (Phi) is 5.70. The molecule has 0 aliphatic carbocycles. The highest BCUT2D eigenvalue weighted by Crippen LogP contribution is 2.19. The van der Waals surface area contributed by atoms with Crippen LogP contribution in [0.4, 0.5) is 0 Å². The monoisotopic (exact) mass is 235 g/mol. The predicted octanol–water partition coefficient (Wildman–Crippen LogP) is 2.18. The Morgan fingerprint density at radius 1 is 1.41 bits per heavy atom. The minimum atomic E-state index is 0.245. The summed E-state index contributed by atoms with van der Waals surface area (Å²) in [7, 11) is 1.62. The van der Waals surface area contributed by atoms with Crippen LogP contribution in [0, 0.1) is 5.92 Å². The molecule has 0 aromatic heterocycles. The average Bonchev–Trinajstić information content (AvgIpc) is 2.36. The summed E-state index contributed by atoms with van der Waals surface area (Å²) in [6.07, 6.45) is 1.90. The Hall–Kier alpha value is -1.35. The zero-order valence-electron chi connectivity index (χ0n) is 10.6. The summed E-state index contributed by atoms with van der Waals surface area (Å²) in [4.78, 5) is 11.8. The van der Waals surface area contributed by atoms with Crippen LogP contribution >= 0.6 is 0 Å². The van der Waals surface area contributed by atoms with Crippen LogP contribution in [0.1, 0.15) is 25.3 Å². The number of carbonyl (C=O) groups excluding carboxylic acids is 1. The van der Waals surface area contributed by atoms with Crippen molar-refractivity contribution in [3.05, 3.63) is 29.8 Å². The molecule has 0 radical (unpaired) electrons. The molecule has 0 aliphatic rings. The second kappa shape index (κ2) is 7.07. The maximum Gasteiger partial charge on any atom is 0.137 e. The third kappa shape index (κ3) is 4.57. The molecule has 17 heavy (non-hydrogen) atoms. The number of carbonyl (C=O) groups is 1. The quantitative estimate of drug-likeness (QED) is 0.788. The topological polar surface area (TPSA) is 52.3 Å². The minimum Gasteiger partial charge on any atom is -0.496 e. The van der Waals surface area contributed by atoms with Crippen molar-refractivity contribution in [2.75, 3.05) is 13.7 Å². The smallest absolute Gasteiger partial charge is 0.137 e. The van der Waals surface area contributed by atoms with Gasteiger partial charge in [0.05, 0.1) is 7.11 Å². The van der Waals surface area contributed by atoms with Crippen molar-refractivity contribution in [1.82, 2.24) is 0 Å². The van der Waals surface area contributed by atoms with E-state index < -0.39 is 0 Å². The van der Waals surface area contributed by atoms with Crippen LogP contribution in [0.5, 0.6) is 5.75 Å². The Bertz CT molecular complexity index is 363.